The number of piperidine rings is 1. The number of nitriles is 1. The van der Waals surface area contributed by atoms with Crippen molar-refractivity contribution in [3.05, 3.63) is 63.0 Å². The molecule has 0 radical (unpaired) electrons. The Hall–Kier alpha value is -4.04. The molecule has 0 unspecified atom stereocenters. The number of rotatable bonds is 6. The Morgan fingerprint density at radius 3 is 2.66 bits per heavy atom. The van der Waals surface area contributed by atoms with E-state index in [-0.39, 0.29) is 17.6 Å². The Labute approximate surface area is 243 Å². The van der Waals surface area contributed by atoms with Gasteiger partial charge in [-0.2, -0.15) is 14.9 Å². The summed E-state index contributed by atoms with van der Waals surface area (Å²) in [6, 6.07) is 10.3. The number of nitrogens with one attached hydrogen (secondary N) is 1. The number of anilines is 1. The molecule has 1 N–H and O–H groups in total. The number of imidazole rings is 1. The molecule has 3 aromatic heterocycles. The first-order valence-electron chi connectivity index (χ1n) is 13.8. The van der Waals surface area contributed by atoms with Crippen LogP contribution in [0.5, 0.6) is 0 Å². The maximum atomic E-state index is 13.7. The highest BCUT2D eigenvalue weighted by molar-refractivity contribution is 7.12. The number of thiazole rings is 1. The number of benzene rings is 1. The standard InChI is InChI=1S/C30H34FN7O2S/c1-6-23-28(33-17-26-35-27(18(2)41-26)22-8-7-21(31)15-20(22)16-32)38-25(34-23)10-9-24(36-38)19-11-13-37(14-12-19)29(39)40-30(3,4)5/h7-10,15,19,33H,6,11-14,17H2,1-5H3. The topological polar surface area (TPSA) is 108 Å². The Morgan fingerprint density at radius 2 is 1.98 bits per heavy atom. The second-order valence-electron chi connectivity index (χ2n) is 11.2. The van der Waals surface area contributed by atoms with E-state index in [1.165, 1.54) is 23.5 Å². The van der Waals surface area contributed by atoms with Gasteiger partial charge in [-0.3, -0.25) is 0 Å². The molecule has 1 aliphatic rings. The van der Waals surface area contributed by atoms with Crippen molar-refractivity contribution in [2.24, 2.45) is 0 Å². The van der Waals surface area contributed by atoms with Crippen molar-refractivity contribution >= 4 is 28.9 Å². The monoisotopic (exact) mass is 575 g/mol. The second kappa shape index (κ2) is 11.4. The minimum Gasteiger partial charge on any atom is -0.444 e. The van der Waals surface area contributed by atoms with E-state index >= 15 is 0 Å². The molecule has 0 aliphatic carbocycles. The fraction of sp³-hybridized carbons (Fsp3) is 0.433. The number of carbonyl (C=O) groups excluding carboxylic acids is 1. The van der Waals surface area contributed by atoms with Crippen molar-refractivity contribution < 1.29 is 13.9 Å². The number of carbonyl (C=O) groups is 1. The number of hydrogen-bond donors (Lipinski definition) is 1. The fourth-order valence-corrected chi connectivity index (χ4v) is 5.96. The first kappa shape index (κ1) is 28.5. The summed E-state index contributed by atoms with van der Waals surface area (Å²) in [5, 5.41) is 18.8. The lowest BCUT2D eigenvalue weighted by Crippen LogP contribution is -2.41. The third-order valence-electron chi connectivity index (χ3n) is 7.08. The lowest BCUT2D eigenvalue weighted by atomic mass is 9.93. The molecule has 1 aromatic carbocycles. The van der Waals surface area contributed by atoms with E-state index in [1.54, 1.807) is 11.0 Å². The van der Waals surface area contributed by atoms with Crippen LogP contribution in [0.3, 0.4) is 0 Å². The third-order valence-corrected chi connectivity index (χ3v) is 8.05. The SMILES string of the molecule is CCc1nc2ccc(C3CCN(C(=O)OC(C)(C)C)CC3)nn2c1NCc1nc(-c2ccc(F)cc2C#N)c(C)s1. The molecule has 1 fully saturated rings. The summed E-state index contributed by atoms with van der Waals surface area (Å²) in [6.45, 7) is 11.4. The number of aryl methyl sites for hydroxylation is 2. The van der Waals surface area contributed by atoms with E-state index < -0.39 is 11.4 Å². The number of hydrogen-bond acceptors (Lipinski definition) is 8. The molecule has 4 heterocycles. The van der Waals surface area contributed by atoms with E-state index in [2.05, 4.69) is 18.3 Å². The minimum absolute atomic E-state index is 0.229. The first-order valence-corrected chi connectivity index (χ1v) is 14.6. The van der Waals surface area contributed by atoms with Gasteiger partial charge in [0.1, 0.15) is 16.4 Å². The van der Waals surface area contributed by atoms with Crippen molar-refractivity contribution in [1.29, 1.82) is 5.26 Å². The summed E-state index contributed by atoms with van der Waals surface area (Å²) >= 11 is 1.54. The number of nitrogens with zero attached hydrogens (tertiary/aromatic N) is 6. The molecule has 1 saturated heterocycles. The van der Waals surface area contributed by atoms with Gasteiger partial charge < -0.3 is 15.0 Å². The van der Waals surface area contributed by atoms with Gasteiger partial charge in [0.05, 0.1) is 35.3 Å². The Balaban J connectivity index is 1.33. The molecule has 0 spiro atoms. The molecule has 4 aromatic rings. The maximum absolute atomic E-state index is 13.7. The summed E-state index contributed by atoms with van der Waals surface area (Å²) < 4.78 is 21.1. The first-order chi connectivity index (χ1) is 19.6. The fourth-order valence-electron chi connectivity index (χ4n) is 5.07. The molecular formula is C30H34FN7O2S. The average molecular weight is 576 g/mol. The summed E-state index contributed by atoms with van der Waals surface area (Å²) in [5.74, 6) is 0.609. The van der Waals surface area contributed by atoms with Crippen LogP contribution in [0.2, 0.25) is 0 Å². The van der Waals surface area contributed by atoms with Crippen LogP contribution in [0.4, 0.5) is 15.0 Å². The number of ether oxygens (including phenoxy) is 1. The summed E-state index contributed by atoms with van der Waals surface area (Å²) in [7, 11) is 0. The lowest BCUT2D eigenvalue weighted by Gasteiger charge is -2.33. The summed E-state index contributed by atoms with van der Waals surface area (Å²) in [4.78, 5) is 24.8. The van der Waals surface area contributed by atoms with Crippen LogP contribution in [0.25, 0.3) is 16.9 Å². The van der Waals surface area contributed by atoms with Crippen molar-refractivity contribution in [3.8, 4) is 17.3 Å². The molecule has 41 heavy (non-hydrogen) atoms. The Bertz CT molecular complexity index is 1620. The molecule has 0 saturated carbocycles. The Morgan fingerprint density at radius 1 is 1.22 bits per heavy atom. The number of fused-ring (bicyclic) bond motifs is 1. The van der Waals surface area contributed by atoms with Crippen molar-refractivity contribution in [1.82, 2.24) is 24.5 Å². The van der Waals surface area contributed by atoms with Crippen molar-refractivity contribution in [3.63, 3.8) is 0 Å². The highest BCUT2D eigenvalue weighted by Crippen LogP contribution is 2.32. The zero-order chi connectivity index (χ0) is 29.3. The van der Waals surface area contributed by atoms with Crippen LogP contribution >= 0.6 is 11.3 Å². The largest absolute Gasteiger partial charge is 0.444 e. The lowest BCUT2D eigenvalue weighted by molar-refractivity contribution is 0.0204. The number of amides is 1. The molecule has 0 bridgehead atoms. The van der Waals surface area contributed by atoms with E-state index in [1.807, 2.05) is 44.3 Å². The summed E-state index contributed by atoms with van der Waals surface area (Å²) in [5.41, 5.74) is 3.71. The quantitative estimate of drug-likeness (QED) is 0.281. The van der Waals surface area contributed by atoms with E-state index in [0.29, 0.717) is 30.9 Å². The molecule has 5 rings (SSSR count). The third kappa shape index (κ3) is 6.17. The highest BCUT2D eigenvalue weighted by Gasteiger charge is 2.28. The zero-order valence-corrected chi connectivity index (χ0v) is 24.8. The van der Waals surface area contributed by atoms with Crippen LogP contribution in [0, 0.1) is 24.1 Å². The smallest absolute Gasteiger partial charge is 0.410 e. The van der Waals surface area contributed by atoms with Gasteiger partial charge in [0, 0.05) is 29.4 Å². The highest BCUT2D eigenvalue weighted by atomic mass is 32.1. The van der Waals surface area contributed by atoms with Gasteiger partial charge in [0.25, 0.3) is 0 Å². The number of halogens is 1. The molecule has 214 valence electrons. The molecule has 11 heteroatoms. The van der Waals surface area contributed by atoms with Gasteiger partial charge >= 0.3 is 6.09 Å². The molecule has 9 nitrogen and oxygen atoms in total. The predicted molar refractivity (Wildman–Crippen MR) is 156 cm³/mol. The molecular weight excluding hydrogens is 541 g/mol. The van der Waals surface area contributed by atoms with Gasteiger partial charge in [-0.05, 0) is 77.3 Å². The predicted octanol–water partition coefficient (Wildman–Crippen LogP) is 6.46. The summed E-state index contributed by atoms with van der Waals surface area (Å²) in [6.07, 6.45) is 2.09. The molecule has 1 amide bonds. The Kier molecular flexibility index (Phi) is 7.95. The van der Waals surface area contributed by atoms with Crippen LogP contribution < -0.4 is 5.32 Å². The van der Waals surface area contributed by atoms with E-state index in [9.17, 15) is 14.4 Å². The van der Waals surface area contributed by atoms with Gasteiger partial charge in [-0.25, -0.2) is 19.2 Å². The second-order valence-corrected chi connectivity index (χ2v) is 12.5. The van der Waals surface area contributed by atoms with Crippen LogP contribution in [0.1, 0.15) is 73.3 Å². The van der Waals surface area contributed by atoms with E-state index in [0.717, 1.165) is 52.0 Å². The van der Waals surface area contributed by atoms with Crippen molar-refractivity contribution in [2.45, 2.75) is 71.9 Å². The zero-order valence-electron chi connectivity index (χ0n) is 24.0. The average Bonchev–Trinajstić information content (AvgIpc) is 3.49. The van der Waals surface area contributed by atoms with Gasteiger partial charge in [-0.15, -0.1) is 11.3 Å². The van der Waals surface area contributed by atoms with Gasteiger partial charge in [0.2, 0.25) is 0 Å². The van der Waals surface area contributed by atoms with Gasteiger partial charge in [-0.1, -0.05) is 6.92 Å². The normalized spacial score (nSPS) is 14.3. The minimum atomic E-state index is -0.512. The molecule has 0 atom stereocenters. The molecule has 1 aliphatic heterocycles. The number of aromatic nitrogens is 4. The van der Waals surface area contributed by atoms with Crippen LogP contribution in [-0.2, 0) is 17.7 Å². The van der Waals surface area contributed by atoms with Crippen molar-refractivity contribution in [2.75, 3.05) is 18.4 Å². The van der Waals surface area contributed by atoms with E-state index in [4.69, 9.17) is 19.8 Å². The van der Waals surface area contributed by atoms with Gasteiger partial charge in [0.15, 0.2) is 11.5 Å². The van der Waals surface area contributed by atoms with Crippen LogP contribution in [0.15, 0.2) is 30.3 Å². The van der Waals surface area contributed by atoms with Crippen LogP contribution in [-0.4, -0.2) is 49.3 Å². The maximum Gasteiger partial charge on any atom is 0.410 e. The number of likely N-dealkylation sites (tertiary alicyclic amines) is 1.